The first-order chi connectivity index (χ1) is 8.67. The van der Waals surface area contributed by atoms with Crippen LogP contribution in [0.4, 0.5) is 8.78 Å². The molecule has 2 rings (SSSR count). The second kappa shape index (κ2) is 5.89. The lowest BCUT2D eigenvalue weighted by Crippen LogP contribution is -2.03. The van der Waals surface area contributed by atoms with E-state index < -0.39 is 11.6 Å². The molecule has 0 bridgehead atoms. The van der Waals surface area contributed by atoms with Crippen LogP contribution in [-0.2, 0) is 12.4 Å². The Morgan fingerprint density at radius 3 is 2.83 bits per heavy atom. The van der Waals surface area contributed by atoms with Crippen LogP contribution in [-0.4, -0.2) is 21.6 Å². The summed E-state index contributed by atoms with van der Waals surface area (Å²) < 4.78 is 28.7. The number of imidazole rings is 1. The van der Waals surface area contributed by atoms with E-state index in [0.29, 0.717) is 17.9 Å². The van der Waals surface area contributed by atoms with E-state index in [1.807, 2.05) is 6.26 Å². The topological polar surface area (TPSA) is 17.8 Å². The summed E-state index contributed by atoms with van der Waals surface area (Å²) in [6.07, 6.45) is 2.93. The van der Waals surface area contributed by atoms with E-state index >= 15 is 0 Å². The molecule has 0 spiro atoms. The van der Waals surface area contributed by atoms with Gasteiger partial charge in [-0.2, -0.15) is 11.8 Å². The largest absolute Gasteiger partial charge is 0.327 e. The van der Waals surface area contributed by atoms with Gasteiger partial charge >= 0.3 is 0 Å². The number of benzene rings is 1. The van der Waals surface area contributed by atoms with Crippen LogP contribution in [0.15, 0.2) is 12.1 Å². The Hall–Kier alpha value is -0.810. The summed E-state index contributed by atoms with van der Waals surface area (Å²) in [6.45, 7) is 0.669. The van der Waals surface area contributed by atoms with Crippen molar-refractivity contribution >= 4 is 34.4 Å². The monoisotopic (exact) mass is 290 g/mol. The third kappa shape index (κ3) is 2.62. The maximum atomic E-state index is 13.6. The maximum Gasteiger partial charge on any atom is 0.153 e. The first-order valence-electron chi connectivity index (χ1n) is 5.56. The predicted octanol–water partition coefficient (Wildman–Crippen LogP) is 3.81. The molecule has 1 heterocycles. The van der Waals surface area contributed by atoms with Crippen molar-refractivity contribution in [2.45, 2.75) is 18.8 Å². The molecular weight excluding hydrogens is 278 g/mol. The molecule has 0 aliphatic heterocycles. The van der Waals surface area contributed by atoms with Gasteiger partial charge in [-0.25, -0.2) is 13.8 Å². The molecule has 0 fully saturated rings. The predicted molar refractivity (Wildman–Crippen MR) is 72.2 cm³/mol. The number of fused-ring (bicyclic) bond motifs is 1. The number of thioether (sulfide) groups is 1. The molecule has 98 valence electrons. The van der Waals surface area contributed by atoms with Crippen molar-refractivity contribution in [1.82, 2.24) is 9.55 Å². The summed E-state index contributed by atoms with van der Waals surface area (Å²) in [6, 6.07) is 2.15. The van der Waals surface area contributed by atoms with E-state index in [0.717, 1.165) is 18.2 Å². The third-order valence-electron chi connectivity index (χ3n) is 2.70. The summed E-state index contributed by atoms with van der Waals surface area (Å²) in [5.74, 6) is 0.526. The fourth-order valence-corrected chi connectivity index (χ4v) is 2.54. The smallest absolute Gasteiger partial charge is 0.153 e. The van der Waals surface area contributed by atoms with Gasteiger partial charge in [-0.3, -0.25) is 0 Å². The van der Waals surface area contributed by atoms with E-state index in [9.17, 15) is 8.78 Å². The number of nitrogens with zero attached hydrogens (tertiary/aromatic N) is 2. The molecule has 0 aliphatic carbocycles. The zero-order chi connectivity index (χ0) is 13.1. The SMILES string of the molecule is CSCCCn1c(CCl)nc2c(F)cc(F)cc21. The highest BCUT2D eigenvalue weighted by Gasteiger charge is 2.14. The average molecular weight is 291 g/mol. The minimum Gasteiger partial charge on any atom is -0.327 e. The number of halogens is 3. The standard InChI is InChI=1S/C12H13ClF2N2S/c1-18-4-2-3-17-10-6-8(14)5-9(15)12(10)16-11(17)7-13/h5-6H,2-4,7H2,1H3. The normalized spacial score (nSPS) is 11.3. The number of hydrogen-bond acceptors (Lipinski definition) is 2. The summed E-state index contributed by atoms with van der Waals surface area (Å²) in [7, 11) is 0. The van der Waals surface area contributed by atoms with Crippen molar-refractivity contribution in [2.75, 3.05) is 12.0 Å². The van der Waals surface area contributed by atoms with Gasteiger partial charge in [0.1, 0.15) is 17.2 Å². The lowest BCUT2D eigenvalue weighted by Gasteiger charge is -2.06. The average Bonchev–Trinajstić information content (AvgIpc) is 2.68. The van der Waals surface area contributed by atoms with E-state index in [1.165, 1.54) is 6.07 Å². The van der Waals surface area contributed by atoms with Crippen LogP contribution in [0.2, 0.25) is 0 Å². The Kier molecular flexibility index (Phi) is 4.45. The quantitative estimate of drug-likeness (QED) is 0.616. The van der Waals surface area contributed by atoms with Crippen LogP contribution in [0.5, 0.6) is 0 Å². The zero-order valence-electron chi connectivity index (χ0n) is 9.92. The molecule has 0 atom stereocenters. The summed E-state index contributed by atoms with van der Waals surface area (Å²) in [5.41, 5.74) is 0.667. The van der Waals surface area contributed by atoms with Crippen molar-refractivity contribution in [3.63, 3.8) is 0 Å². The molecule has 1 aromatic carbocycles. The van der Waals surface area contributed by atoms with Gasteiger partial charge in [-0.15, -0.1) is 11.6 Å². The Morgan fingerprint density at radius 2 is 2.17 bits per heavy atom. The Morgan fingerprint density at radius 1 is 1.39 bits per heavy atom. The van der Waals surface area contributed by atoms with Crippen molar-refractivity contribution in [3.8, 4) is 0 Å². The molecule has 0 radical (unpaired) electrons. The molecule has 0 unspecified atom stereocenters. The maximum absolute atomic E-state index is 13.6. The minimum atomic E-state index is -0.639. The summed E-state index contributed by atoms with van der Waals surface area (Å²) in [4.78, 5) is 4.13. The number of alkyl halides is 1. The first kappa shape index (κ1) is 13.6. The molecule has 1 aromatic heterocycles. The number of aryl methyl sites for hydroxylation is 1. The fourth-order valence-electron chi connectivity index (χ4n) is 1.92. The molecule has 0 saturated heterocycles. The van der Waals surface area contributed by atoms with Crippen LogP contribution >= 0.6 is 23.4 Å². The molecule has 18 heavy (non-hydrogen) atoms. The van der Waals surface area contributed by atoms with Gasteiger partial charge in [0.2, 0.25) is 0 Å². The van der Waals surface area contributed by atoms with E-state index in [4.69, 9.17) is 11.6 Å². The van der Waals surface area contributed by atoms with Crippen LogP contribution in [0.25, 0.3) is 11.0 Å². The van der Waals surface area contributed by atoms with Crippen LogP contribution in [0, 0.1) is 11.6 Å². The number of hydrogen-bond donors (Lipinski definition) is 0. The van der Waals surface area contributed by atoms with Gasteiger partial charge in [-0.1, -0.05) is 0 Å². The second-order valence-electron chi connectivity index (χ2n) is 3.91. The molecule has 0 N–H and O–H groups in total. The van der Waals surface area contributed by atoms with Crippen LogP contribution < -0.4 is 0 Å². The molecule has 2 nitrogen and oxygen atoms in total. The van der Waals surface area contributed by atoms with Gasteiger partial charge in [0.25, 0.3) is 0 Å². The van der Waals surface area contributed by atoms with Crippen molar-refractivity contribution in [3.05, 3.63) is 29.6 Å². The highest BCUT2D eigenvalue weighted by molar-refractivity contribution is 7.98. The Labute approximate surface area is 113 Å². The van der Waals surface area contributed by atoms with Gasteiger partial charge < -0.3 is 4.57 Å². The molecule has 2 aromatic rings. The molecule has 6 heteroatoms. The fraction of sp³-hybridized carbons (Fsp3) is 0.417. The van der Waals surface area contributed by atoms with Gasteiger partial charge in [-0.05, 0) is 24.5 Å². The minimum absolute atomic E-state index is 0.189. The van der Waals surface area contributed by atoms with Crippen LogP contribution in [0.1, 0.15) is 12.2 Å². The lowest BCUT2D eigenvalue weighted by atomic mass is 10.3. The van der Waals surface area contributed by atoms with E-state index in [1.54, 1.807) is 16.3 Å². The Bertz CT molecular complexity index is 556. The van der Waals surface area contributed by atoms with Gasteiger partial charge in [0, 0.05) is 12.6 Å². The summed E-state index contributed by atoms with van der Waals surface area (Å²) in [5, 5.41) is 0. The van der Waals surface area contributed by atoms with E-state index in [2.05, 4.69) is 4.98 Å². The van der Waals surface area contributed by atoms with Crippen molar-refractivity contribution in [2.24, 2.45) is 0 Å². The molecular formula is C12H13ClF2N2S. The molecule has 0 saturated carbocycles. The second-order valence-corrected chi connectivity index (χ2v) is 5.17. The lowest BCUT2D eigenvalue weighted by molar-refractivity contribution is 0.589. The third-order valence-corrected chi connectivity index (χ3v) is 3.64. The van der Waals surface area contributed by atoms with Crippen molar-refractivity contribution in [1.29, 1.82) is 0 Å². The first-order valence-corrected chi connectivity index (χ1v) is 7.49. The number of aromatic nitrogens is 2. The summed E-state index contributed by atoms with van der Waals surface area (Å²) >= 11 is 7.54. The highest BCUT2D eigenvalue weighted by Crippen LogP contribution is 2.22. The Balaban J connectivity index is 2.47. The highest BCUT2D eigenvalue weighted by atomic mass is 35.5. The number of rotatable bonds is 5. The zero-order valence-corrected chi connectivity index (χ0v) is 11.5. The van der Waals surface area contributed by atoms with E-state index in [-0.39, 0.29) is 11.4 Å². The van der Waals surface area contributed by atoms with Gasteiger partial charge in [0.15, 0.2) is 5.82 Å². The van der Waals surface area contributed by atoms with Crippen LogP contribution in [0.3, 0.4) is 0 Å². The molecule has 0 aliphatic rings. The van der Waals surface area contributed by atoms with Gasteiger partial charge in [0.05, 0.1) is 11.4 Å². The molecule has 0 amide bonds. The van der Waals surface area contributed by atoms with Crippen molar-refractivity contribution < 1.29 is 8.78 Å².